The van der Waals surface area contributed by atoms with Crippen LogP contribution in [0.5, 0.6) is 0 Å². The average molecular weight is 2190 g/mol. The summed E-state index contributed by atoms with van der Waals surface area (Å²) in [4.78, 5) is 26.0. The van der Waals surface area contributed by atoms with Gasteiger partial charge in [-0.2, -0.15) is 0 Å². The Balaban J connectivity index is -0.000000751. The van der Waals surface area contributed by atoms with Crippen molar-refractivity contribution in [2.24, 2.45) is 0 Å². The Morgan fingerprint density at radius 1 is 0.545 bits per heavy atom. The van der Waals surface area contributed by atoms with E-state index < -0.39 is 24.1 Å². The van der Waals surface area contributed by atoms with Gasteiger partial charge in [-0.05, 0) is 88.5 Å². The molecule has 4 rings (SSSR count). The van der Waals surface area contributed by atoms with Crippen molar-refractivity contribution in [3.63, 3.8) is 0 Å². The Hall–Kier alpha value is 8.39. The van der Waals surface area contributed by atoms with Crippen LogP contribution in [0.1, 0.15) is 47.6 Å². The van der Waals surface area contributed by atoms with Gasteiger partial charge in [0.15, 0.2) is 20.3 Å². The summed E-state index contributed by atoms with van der Waals surface area (Å²) in [5, 5.41) is 0. The Morgan fingerprint density at radius 2 is 0.864 bits per heavy atom. The van der Waals surface area contributed by atoms with Gasteiger partial charge in [0.2, 0.25) is 56.0 Å². The second-order valence-electron chi connectivity index (χ2n) is 12.8. The zero-order chi connectivity index (χ0) is 52.3. The van der Waals surface area contributed by atoms with Gasteiger partial charge in [0.25, 0.3) is 0 Å². The van der Waals surface area contributed by atoms with E-state index in [1.165, 1.54) is 15.4 Å². The Bertz CT molecular complexity index is 2060. The summed E-state index contributed by atoms with van der Waals surface area (Å²) in [5.41, 5.74) is 2.84. The molecule has 0 aromatic heterocycles. The number of Topliss-reactive ketones (excluding diaryl/α,β-unsaturated/α-hetero) is 2. The molecule has 0 amide bonds. The molecule has 0 aliphatic rings. The molecule has 4 aromatic carbocycles. The number of aryl methyl sites for hydroxylation is 1. The fourth-order valence-electron chi connectivity index (χ4n) is 3.44. The summed E-state index contributed by atoms with van der Waals surface area (Å²) >= 11 is 29.2. The normalized spacial score (nSPS) is 16.0. The van der Waals surface area contributed by atoms with E-state index in [-0.39, 0.29) is 51.7 Å². The molecule has 32 heteroatoms. The molecule has 0 N–H and O–H groups in total. The number of hydrogen-bond acceptors (Lipinski definition) is 2. The van der Waals surface area contributed by atoms with Crippen LogP contribution in [0.2, 0.25) is 0 Å². The molecule has 2 nitrogen and oxygen atoms in total. The van der Waals surface area contributed by atoms with E-state index in [1.807, 2.05) is 87.0 Å². The fourth-order valence-corrected chi connectivity index (χ4v) is 12.0. The summed E-state index contributed by atoms with van der Waals surface area (Å²) in [6.07, 6.45) is 4.03. The van der Waals surface area contributed by atoms with Crippen molar-refractivity contribution in [1.82, 2.24) is 0 Å². The molecule has 3 unspecified atom stereocenters. The average Bonchev–Trinajstić information content (AvgIpc) is 3.04. The van der Waals surface area contributed by atoms with Crippen LogP contribution in [-0.4, -0.2) is 58.7 Å². The zero-order valence-corrected chi connectivity index (χ0v) is 68.6. The van der Waals surface area contributed by atoms with Gasteiger partial charge in [-0.3, -0.25) is 9.59 Å². The zero-order valence-electron chi connectivity index (χ0n) is 32.9. The number of hydrogen-bond donors (Lipinski definition) is 0. The molecular formula is C34H37Br9Cl15O2S3Sb3. The topological polar surface area (TPSA) is 34.1 Å². The Morgan fingerprint density at radius 3 is 1.17 bits per heavy atom. The molecule has 0 saturated carbocycles. The van der Waals surface area contributed by atoms with Crippen LogP contribution in [0.25, 0.3) is 0 Å². The van der Waals surface area contributed by atoms with E-state index in [0.29, 0.717) is 5.75 Å². The van der Waals surface area contributed by atoms with E-state index in [2.05, 4.69) is 173 Å². The minimum absolute atomic E-state index is 0. The van der Waals surface area contributed by atoms with Gasteiger partial charge in [0.05, 0.1) is 27.6 Å². The Kier molecular flexibility index (Phi) is 34.4. The first-order valence-electron chi connectivity index (χ1n) is 16.1. The molecule has 4 aromatic rings. The van der Waals surface area contributed by atoms with Crippen molar-refractivity contribution >= 4 is 326 Å². The molecule has 0 aliphatic heterocycles. The van der Waals surface area contributed by atoms with Crippen molar-refractivity contribution < 1.29 is 9.59 Å². The third kappa shape index (κ3) is 54.4. The van der Waals surface area contributed by atoms with Gasteiger partial charge in [0.1, 0.15) is 21.8 Å². The molecule has 0 heterocycles. The molecule has 0 saturated heterocycles. The van der Waals surface area contributed by atoms with Gasteiger partial charge < -0.3 is 0 Å². The summed E-state index contributed by atoms with van der Waals surface area (Å²) in [7, 11) is 62.8. The molecule has 66 heavy (non-hydrogen) atoms. The third-order valence-electron chi connectivity index (χ3n) is 6.08. The van der Waals surface area contributed by atoms with Crippen molar-refractivity contribution in [3.8, 4) is 0 Å². The van der Waals surface area contributed by atoms with Crippen molar-refractivity contribution in [1.29, 1.82) is 0 Å². The molecular weight excluding hydrogens is 2150 g/mol. The van der Waals surface area contributed by atoms with E-state index >= 15 is 0 Å². The number of halogens is 24. The fraction of sp³-hybridized carbons (Fsp3) is 0.235. The van der Waals surface area contributed by atoms with Crippen LogP contribution >= 0.6 is 262 Å². The van der Waals surface area contributed by atoms with E-state index in [9.17, 15) is 9.59 Å². The van der Waals surface area contributed by atoms with Crippen molar-refractivity contribution in [3.05, 3.63) is 127 Å². The summed E-state index contributed by atoms with van der Waals surface area (Å²) in [6.45, 7) is 6.04. The first-order chi connectivity index (χ1) is 28.0. The molecule has 0 bridgehead atoms. The minimum atomic E-state index is -5.08. The van der Waals surface area contributed by atoms with Crippen LogP contribution < -0.4 is 0 Å². The van der Waals surface area contributed by atoms with Crippen LogP contribution in [0.3, 0.4) is 0 Å². The summed E-state index contributed by atoms with van der Waals surface area (Å²) in [5.74, 6) is 0.989. The van der Waals surface area contributed by atoms with Crippen LogP contribution in [-0.2, 0) is 28.0 Å². The maximum absolute atomic E-state index is 12.1. The molecule has 3 atom stereocenters. The third-order valence-corrected chi connectivity index (χ3v) is 17.4. The standard InChI is InChI=1S/C13H9Br4S.C11H14BrOS.C9H10BrOS.CH4.3BrH.15ClH.3Sb/c1-8-2-4-12(10(15)6-8)18(17)13-5-3-9(14)7-11(13)16;1-11(2,14(3)12)10(13)9-7-5-4-6-8-9;1-12(10)7-9(11)8-5-3-2-4-6-8;;;;;;;;;;;;;;;;;;;;;;/h2-7H,1H3;4-8H,1-3H3;2-6H,7H2,1H3;1H4;18*1H;;;/q3*+1;;;;;;;;;;;;;;;;;;;;3*+5/p-18. The number of benzene rings is 4. The molecule has 0 fully saturated rings. The van der Waals surface area contributed by atoms with E-state index in [0.717, 1.165) is 24.5 Å². The number of rotatable bonds is 8. The number of carbonyl (C=O) groups excluding carboxylic acids is 2. The van der Waals surface area contributed by atoms with Crippen LogP contribution in [0, 0.1) is 6.92 Å². The van der Waals surface area contributed by atoms with Crippen molar-refractivity contribution in [2.75, 3.05) is 18.3 Å². The van der Waals surface area contributed by atoms with Gasteiger partial charge in [-0.25, -0.2) is 0 Å². The van der Waals surface area contributed by atoms with Crippen molar-refractivity contribution in [2.45, 2.75) is 42.7 Å². The maximum atomic E-state index is 12.1. The van der Waals surface area contributed by atoms with E-state index in [4.69, 9.17) is 132 Å². The second-order valence-corrected chi connectivity index (χ2v) is 241. The Labute approximate surface area is 512 Å². The first-order valence-corrected chi connectivity index (χ1v) is 94.3. The van der Waals surface area contributed by atoms with Gasteiger partial charge in [0, 0.05) is 15.6 Å². The van der Waals surface area contributed by atoms with Gasteiger partial charge >= 0.3 is 194 Å². The van der Waals surface area contributed by atoms with Crippen LogP contribution in [0.15, 0.2) is 120 Å². The predicted octanol–water partition coefficient (Wildman–Crippen LogP) is 24.6. The predicted molar refractivity (Wildman–Crippen MR) is 357 cm³/mol. The van der Waals surface area contributed by atoms with Gasteiger partial charge in [-0.1, -0.05) is 90.1 Å². The second kappa shape index (κ2) is 28.9. The monoisotopic (exact) mass is 2170 g/mol. The SMILES string of the molecule is C.C[S+](Br)C(C)(C)C(=O)c1ccccc1.C[S+](Br)CC(=O)c1ccccc1.Cc1ccc([S+](Br)c2ccc(Br)cc2Br)c(Br)c1.[Cl][Sb-]([Cl])([Cl])([Cl])([Cl])[Br].[Cl][Sb-]([Cl])([Cl])([Cl])([Cl])[Br].[Cl][Sb-]([Cl])([Cl])([Cl])([Cl])[Br]. The molecule has 386 valence electrons. The molecule has 0 aliphatic carbocycles. The number of ketones is 2. The van der Waals surface area contributed by atoms with E-state index in [1.54, 1.807) is 0 Å². The quantitative estimate of drug-likeness (QED) is 0.100. The summed E-state index contributed by atoms with van der Waals surface area (Å²) < 4.78 is 2.98. The molecule has 0 spiro atoms. The molecule has 0 radical (unpaired) electrons. The number of carbonyl (C=O) groups is 2. The van der Waals surface area contributed by atoms with Crippen LogP contribution in [0.4, 0.5) is 0 Å². The summed E-state index contributed by atoms with van der Waals surface area (Å²) in [6, 6.07) is 31.5. The van der Waals surface area contributed by atoms with Gasteiger partial charge in [-0.15, -0.1) is 0 Å². The first kappa shape index (κ1) is 78.6.